The van der Waals surface area contributed by atoms with Crippen molar-refractivity contribution >= 4 is 118 Å². The van der Waals surface area contributed by atoms with Gasteiger partial charge < -0.3 is 4.57 Å². The maximum Gasteiger partial charge on any atom is 0.116 e. The molecule has 41 heavy (non-hydrogen) atoms. The van der Waals surface area contributed by atoms with Crippen LogP contribution in [-0.4, -0.2) is 14.5 Å². The van der Waals surface area contributed by atoms with Crippen LogP contribution in [0.25, 0.3) is 89.4 Å². The van der Waals surface area contributed by atoms with Gasteiger partial charge in [0.2, 0.25) is 0 Å². The fourth-order valence-electron chi connectivity index (χ4n) is 6.46. The van der Waals surface area contributed by atoms with E-state index in [1.807, 2.05) is 34.9 Å². The summed E-state index contributed by atoms with van der Waals surface area (Å²) in [6.07, 6.45) is 10.0. The summed E-state index contributed by atoms with van der Waals surface area (Å²) in [5.41, 5.74) is 5.77. The van der Waals surface area contributed by atoms with Gasteiger partial charge in [-0.1, -0.05) is 67.3 Å². The molecular formula is C35H21N3S3. The molecule has 194 valence electrons. The van der Waals surface area contributed by atoms with Crippen LogP contribution < -0.4 is 0 Å². The van der Waals surface area contributed by atoms with Gasteiger partial charge >= 0.3 is 0 Å². The van der Waals surface area contributed by atoms with Gasteiger partial charge in [-0.25, -0.2) is 9.97 Å². The Hall–Kier alpha value is -4.36. The van der Waals surface area contributed by atoms with Crippen molar-refractivity contribution < 1.29 is 0 Å². The number of thiophene rings is 3. The SMILES string of the molecule is C=Cc1c(/C=C\C)n(-c2cccc3c2sc2ccccc23)c2c3sc4ccccc4c3c3c4ncncc4sc3c12. The second kappa shape index (κ2) is 8.57. The Morgan fingerprint density at radius 3 is 2.29 bits per heavy atom. The van der Waals surface area contributed by atoms with Gasteiger partial charge in [-0.05, 0) is 31.2 Å². The maximum absolute atomic E-state index is 4.82. The molecule has 3 nitrogen and oxygen atoms in total. The number of hydrogen-bond donors (Lipinski definition) is 0. The second-order valence-electron chi connectivity index (χ2n) is 10.2. The van der Waals surface area contributed by atoms with Gasteiger partial charge in [-0.3, -0.25) is 0 Å². The van der Waals surface area contributed by atoms with Crippen molar-refractivity contribution in [1.82, 2.24) is 14.5 Å². The molecule has 0 saturated heterocycles. The molecule has 0 saturated carbocycles. The Bertz CT molecular complexity index is 2570. The number of benzene rings is 4. The molecule has 0 unspecified atom stereocenters. The first-order chi connectivity index (χ1) is 20.3. The van der Waals surface area contributed by atoms with Crippen molar-refractivity contribution in [3.8, 4) is 5.69 Å². The van der Waals surface area contributed by atoms with Crippen molar-refractivity contribution in [1.29, 1.82) is 0 Å². The predicted octanol–water partition coefficient (Wildman–Crippen LogP) is 11.2. The molecule has 0 spiro atoms. The van der Waals surface area contributed by atoms with Crippen molar-refractivity contribution in [2.75, 3.05) is 0 Å². The van der Waals surface area contributed by atoms with Crippen LogP contribution >= 0.6 is 34.0 Å². The van der Waals surface area contributed by atoms with Gasteiger partial charge in [0.25, 0.3) is 0 Å². The smallest absolute Gasteiger partial charge is 0.116 e. The molecule has 5 aromatic heterocycles. The van der Waals surface area contributed by atoms with E-state index in [2.05, 4.69) is 102 Å². The Labute approximate surface area is 246 Å². The minimum absolute atomic E-state index is 1.03. The van der Waals surface area contributed by atoms with E-state index in [-0.39, 0.29) is 0 Å². The van der Waals surface area contributed by atoms with E-state index >= 15 is 0 Å². The third-order valence-corrected chi connectivity index (χ3v) is 11.6. The van der Waals surface area contributed by atoms with E-state index in [1.54, 1.807) is 17.7 Å². The summed E-state index contributed by atoms with van der Waals surface area (Å²) < 4.78 is 10.0. The molecule has 0 aliphatic heterocycles. The average molecular weight is 580 g/mol. The highest BCUT2D eigenvalue weighted by Crippen LogP contribution is 2.52. The predicted molar refractivity (Wildman–Crippen MR) is 182 cm³/mol. The lowest BCUT2D eigenvalue weighted by molar-refractivity contribution is 1.13. The van der Waals surface area contributed by atoms with Crippen LogP contribution in [0.15, 0.2) is 91.9 Å². The van der Waals surface area contributed by atoms with E-state index in [0.717, 1.165) is 21.5 Å². The molecule has 9 aromatic rings. The van der Waals surface area contributed by atoms with Crippen molar-refractivity contribution in [2.24, 2.45) is 0 Å². The molecule has 0 radical (unpaired) electrons. The first-order valence-electron chi connectivity index (χ1n) is 13.5. The highest BCUT2D eigenvalue weighted by atomic mass is 32.1. The van der Waals surface area contributed by atoms with E-state index in [4.69, 9.17) is 4.98 Å². The lowest BCUT2D eigenvalue weighted by Gasteiger charge is -2.12. The Kier molecular flexibility index (Phi) is 4.88. The Morgan fingerprint density at radius 2 is 1.46 bits per heavy atom. The Balaban J connectivity index is 1.61. The van der Waals surface area contributed by atoms with E-state index < -0.39 is 0 Å². The van der Waals surface area contributed by atoms with Crippen molar-refractivity contribution in [2.45, 2.75) is 6.92 Å². The zero-order valence-electron chi connectivity index (χ0n) is 22.0. The highest BCUT2D eigenvalue weighted by Gasteiger charge is 2.27. The molecular weight excluding hydrogens is 559 g/mol. The first-order valence-corrected chi connectivity index (χ1v) is 15.9. The fourth-order valence-corrected chi connectivity index (χ4v) is 10.1. The number of nitrogens with zero attached hydrogens (tertiary/aromatic N) is 3. The van der Waals surface area contributed by atoms with Gasteiger partial charge in [0.1, 0.15) is 6.33 Å². The summed E-state index contributed by atoms with van der Waals surface area (Å²) in [5, 5.41) is 7.62. The summed E-state index contributed by atoms with van der Waals surface area (Å²) in [7, 11) is 0. The molecule has 4 aromatic carbocycles. The van der Waals surface area contributed by atoms with E-state index in [1.165, 1.54) is 67.0 Å². The lowest BCUT2D eigenvalue weighted by atomic mass is 10.0. The standard InChI is InChI=1S/C35H21N3S3/c1-3-10-23-19(4-2)29-32(38(23)24-14-9-13-21-20-11-5-7-15-25(20)39-33(21)24)35-28(22-12-6-8-16-26(22)40-35)30-31-27(41-34(29)30)17-36-18-37-31/h3-18H,2H2,1H3/b10-3-. The van der Waals surface area contributed by atoms with E-state index in [9.17, 15) is 0 Å². The van der Waals surface area contributed by atoms with Crippen LogP contribution in [0, 0.1) is 0 Å². The number of allylic oxidation sites excluding steroid dienone is 1. The summed E-state index contributed by atoms with van der Waals surface area (Å²) in [5.74, 6) is 0. The van der Waals surface area contributed by atoms with Gasteiger partial charge in [-0.15, -0.1) is 34.0 Å². The zero-order chi connectivity index (χ0) is 27.2. The summed E-state index contributed by atoms with van der Waals surface area (Å²) in [6.45, 7) is 6.44. The lowest BCUT2D eigenvalue weighted by Crippen LogP contribution is -1.97. The van der Waals surface area contributed by atoms with Crippen LogP contribution in [0.2, 0.25) is 0 Å². The normalized spacial score (nSPS) is 12.5. The Morgan fingerprint density at radius 1 is 0.732 bits per heavy atom. The first kappa shape index (κ1) is 23.4. The third kappa shape index (κ3) is 3.02. The molecule has 0 bridgehead atoms. The molecule has 9 rings (SSSR count). The monoisotopic (exact) mass is 579 g/mol. The number of fused-ring (bicyclic) bond motifs is 13. The van der Waals surface area contributed by atoms with Gasteiger partial charge in [0, 0.05) is 58.2 Å². The fraction of sp³-hybridized carbons (Fsp3) is 0.0286. The van der Waals surface area contributed by atoms with Crippen LogP contribution in [0.4, 0.5) is 0 Å². The van der Waals surface area contributed by atoms with Crippen LogP contribution in [0.3, 0.4) is 0 Å². The summed E-state index contributed by atoms with van der Waals surface area (Å²) in [4.78, 5) is 9.20. The van der Waals surface area contributed by atoms with Gasteiger partial charge in [-0.2, -0.15) is 0 Å². The quantitative estimate of drug-likeness (QED) is 0.208. The number of rotatable bonds is 3. The molecule has 0 N–H and O–H groups in total. The second-order valence-corrected chi connectivity index (χ2v) is 13.3. The minimum Gasteiger partial charge on any atom is -0.306 e. The molecule has 6 heteroatoms. The molecule has 0 aliphatic rings. The van der Waals surface area contributed by atoms with Crippen molar-refractivity contribution in [3.63, 3.8) is 0 Å². The minimum atomic E-state index is 1.03. The summed E-state index contributed by atoms with van der Waals surface area (Å²) >= 11 is 5.53. The summed E-state index contributed by atoms with van der Waals surface area (Å²) in [6, 6.07) is 24.2. The largest absolute Gasteiger partial charge is 0.306 e. The van der Waals surface area contributed by atoms with Crippen molar-refractivity contribution in [3.05, 3.63) is 103 Å². The number of aromatic nitrogens is 3. The van der Waals surface area contributed by atoms with E-state index in [0.29, 0.717) is 0 Å². The van der Waals surface area contributed by atoms with Crippen LogP contribution in [0.1, 0.15) is 18.2 Å². The molecule has 0 aliphatic carbocycles. The average Bonchev–Trinajstić information content (AvgIpc) is 3.75. The molecule has 5 heterocycles. The van der Waals surface area contributed by atoms with Gasteiger partial charge in [0.05, 0.1) is 36.5 Å². The van der Waals surface area contributed by atoms with Gasteiger partial charge in [0.15, 0.2) is 0 Å². The molecule has 0 atom stereocenters. The molecule has 0 amide bonds. The zero-order valence-corrected chi connectivity index (χ0v) is 24.5. The maximum atomic E-state index is 4.82. The third-order valence-electron chi connectivity index (χ3n) is 8.04. The number of hydrogen-bond acceptors (Lipinski definition) is 5. The van der Waals surface area contributed by atoms with Crippen LogP contribution in [-0.2, 0) is 0 Å². The molecule has 0 fully saturated rings. The highest BCUT2D eigenvalue weighted by molar-refractivity contribution is 7.29. The van der Waals surface area contributed by atoms with Crippen LogP contribution in [0.5, 0.6) is 0 Å². The topological polar surface area (TPSA) is 30.7 Å².